The van der Waals surface area contributed by atoms with E-state index in [0.29, 0.717) is 17.1 Å². The van der Waals surface area contributed by atoms with Crippen LogP contribution in [0.15, 0.2) is 17.9 Å². The van der Waals surface area contributed by atoms with Crippen molar-refractivity contribution in [3.8, 4) is 11.5 Å². The Balaban J connectivity index is 1.93. The Kier molecular flexibility index (Phi) is 4.34. The van der Waals surface area contributed by atoms with E-state index in [0.717, 1.165) is 31.6 Å². The lowest BCUT2D eigenvalue weighted by molar-refractivity contribution is -0.118. The van der Waals surface area contributed by atoms with Gasteiger partial charge < -0.3 is 19.1 Å². The normalized spacial score (nSPS) is 26.9. The molecule has 1 fully saturated rings. The summed E-state index contributed by atoms with van der Waals surface area (Å²) in [6, 6.07) is 1.81. The van der Waals surface area contributed by atoms with Crippen LogP contribution in [-0.4, -0.2) is 44.5 Å². The number of hydrogen-bond donors (Lipinski definition) is 0. The zero-order chi connectivity index (χ0) is 19.3. The molecule has 1 aromatic rings. The summed E-state index contributed by atoms with van der Waals surface area (Å²) in [6.07, 6.45) is 3.70. The zero-order valence-electron chi connectivity index (χ0n) is 15.6. The molecule has 2 aliphatic heterocycles. The number of hydrogen-bond acceptors (Lipinski definition) is 6. The van der Waals surface area contributed by atoms with Gasteiger partial charge in [-0.2, -0.15) is 0 Å². The third-order valence-corrected chi connectivity index (χ3v) is 6.10. The van der Waals surface area contributed by atoms with Crippen LogP contribution in [0.5, 0.6) is 11.5 Å². The molecule has 3 aliphatic rings. The highest BCUT2D eigenvalue weighted by atomic mass is 35.5. The SMILES string of the molecule is COC1=CC(=O)CC(C)C12Oc1c(Cl)c(OC)cc(N3CCCC3)c1C2=O. The smallest absolute Gasteiger partial charge is 0.231 e. The average molecular weight is 392 g/mol. The van der Waals surface area contributed by atoms with E-state index in [1.54, 1.807) is 0 Å². The number of carbonyl (C=O) groups is 2. The van der Waals surface area contributed by atoms with Crippen LogP contribution in [0.4, 0.5) is 5.69 Å². The van der Waals surface area contributed by atoms with Crippen LogP contribution in [0.25, 0.3) is 0 Å². The average Bonchev–Trinajstić information content (AvgIpc) is 3.27. The molecule has 0 radical (unpaired) electrons. The maximum Gasteiger partial charge on any atom is 0.231 e. The molecule has 1 spiro atoms. The van der Waals surface area contributed by atoms with E-state index in [9.17, 15) is 9.59 Å². The molecule has 0 bridgehead atoms. The van der Waals surface area contributed by atoms with Gasteiger partial charge in [0.1, 0.15) is 10.8 Å². The summed E-state index contributed by atoms with van der Waals surface area (Å²) in [5.74, 6) is 0.336. The zero-order valence-corrected chi connectivity index (χ0v) is 16.4. The van der Waals surface area contributed by atoms with Crippen LogP contribution in [0, 0.1) is 5.92 Å². The Bertz CT molecular complexity index is 858. The van der Waals surface area contributed by atoms with Gasteiger partial charge >= 0.3 is 0 Å². The molecule has 2 heterocycles. The van der Waals surface area contributed by atoms with Crippen LogP contribution < -0.4 is 14.4 Å². The first-order valence-electron chi connectivity index (χ1n) is 9.12. The van der Waals surface area contributed by atoms with Crippen molar-refractivity contribution in [2.75, 3.05) is 32.2 Å². The van der Waals surface area contributed by atoms with E-state index >= 15 is 0 Å². The molecular weight excluding hydrogens is 370 g/mol. The van der Waals surface area contributed by atoms with Crippen molar-refractivity contribution in [2.45, 2.75) is 31.8 Å². The number of anilines is 1. The topological polar surface area (TPSA) is 65.1 Å². The Morgan fingerprint density at radius 1 is 1.22 bits per heavy atom. The Morgan fingerprint density at radius 3 is 2.56 bits per heavy atom. The predicted molar refractivity (Wildman–Crippen MR) is 101 cm³/mol. The van der Waals surface area contributed by atoms with Crippen LogP contribution in [-0.2, 0) is 9.53 Å². The van der Waals surface area contributed by atoms with Gasteiger partial charge in [-0.25, -0.2) is 0 Å². The lowest BCUT2D eigenvalue weighted by Gasteiger charge is -2.36. The van der Waals surface area contributed by atoms with E-state index in [1.165, 1.54) is 20.3 Å². The van der Waals surface area contributed by atoms with Crippen LogP contribution in [0.2, 0.25) is 5.02 Å². The number of carbonyl (C=O) groups excluding carboxylic acids is 2. The van der Waals surface area contributed by atoms with E-state index < -0.39 is 5.60 Å². The Hall–Kier alpha value is -2.21. The van der Waals surface area contributed by atoms with Crippen molar-refractivity contribution >= 4 is 28.9 Å². The molecule has 7 heteroatoms. The van der Waals surface area contributed by atoms with Gasteiger partial charge in [-0.1, -0.05) is 18.5 Å². The maximum atomic E-state index is 13.7. The third-order valence-electron chi connectivity index (χ3n) is 5.74. The van der Waals surface area contributed by atoms with E-state index in [2.05, 4.69) is 4.90 Å². The number of halogens is 1. The minimum atomic E-state index is -1.37. The van der Waals surface area contributed by atoms with E-state index in [-0.39, 0.29) is 34.7 Å². The molecule has 0 N–H and O–H groups in total. The largest absolute Gasteiger partial charge is 0.496 e. The molecule has 1 saturated heterocycles. The van der Waals surface area contributed by atoms with E-state index in [4.69, 9.17) is 25.8 Å². The van der Waals surface area contributed by atoms with Crippen molar-refractivity contribution < 1.29 is 23.8 Å². The molecule has 0 aromatic heterocycles. The van der Waals surface area contributed by atoms with Crippen LogP contribution >= 0.6 is 11.6 Å². The van der Waals surface area contributed by atoms with Crippen molar-refractivity contribution in [2.24, 2.45) is 5.92 Å². The molecule has 0 amide bonds. The molecule has 2 unspecified atom stereocenters. The number of rotatable bonds is 3. The summed E-state index contributed by atoms with van der Waals surface area (Å²) >= 11 is 6.52. The summed E-state index contributed by atoms with van der Waals surface area (Å²) in [4.78, 5) is 27.9. The highest BCUT2D eigenvalue weighted by Crippen LogP contribution is 2.54. The molecule has 6 nitrogen and oxygen atoms in total. The minimum Gasteiger partial charge on any atom is -0.496 e. The lowest BCUT2D eigenvalue weighted by atomic mass is 9.75. The summed E-state index contributed by atoms with van der Waals surface area (Å²) in [7, 11) is 2.98. The van der Waals surface area contributed by atoms with Crippen molar-refractivity contribution in [1.82, 2.24) is 0 Å². The summed E-state index contributed by atoms with van der Waals surface area (Å²) in [5, 5.41) is 0.264. The van der Waals surface area contributed by atoms with Crippen molar-refractivity contribution in [3.63, 3.8) is 0 Å². The number of fused-ring (bicyclic) bond motifs is 1. The van der Waals surface area contributed by atoms with Gasteiger partial charge in [0.05, 0.1) is 25.5 Å². The number of Topliss-reactive ketones (excluding diaryl/α,β-unsaturated/α-hetero) is 1. The second kappa shape index (κ2) is 6.44. The number of ether oxygens (including phenoxy) is 3. The van der Waals surface area contributed by atoms with Crippen molar-refractivity contribution in [3.05, 3.63) is 28.5 Å². The van der Waals surface area contributed by atoms with Gasteiger partial charge in [0.15, 0.2) is 17.3 Å². The second-order valence-corrected chi connectivity index (χ2v) is 7.64. The van der Waals surface area contributed by atoms with Gasteiger partial charge in [0.2, 0.25) is 11.4 Å². The van der Waals surface area contributed by atoms with E-state index in [1.807, 2.05) is 13.0 Å². The Labute approximate surface area is 163 Å². The first kappa shape index (κ1) is 18.2. The molecule has 2 atom stereocenters. The molecule has 144 valence electrons. The third kappa shape index (κ3) is 2.46. The fourth-order valence-electron chi connectivity index (χ4n) is 4.36. The molecule has 1 aromatic carbocycles. The molecule has 4 rings (SSSR count). The van der Waals surface area contributed by atoms with Gasteiger partial charge in [0, 0.05) is 37.6 Å². The highest BCUT2D eigenvalue weighted by molar-refractivity contribution is 6.35. The quantitative estimate of drug-likeness (QED) is 0.786. The second-order valence-electron chi connectivity index (χ2n) is 7.26. The summed E-state index contributed by atoms with van der Waals surface area (Å²) in [6.45, 7) is 3.55. The van der Waals surface area contributed by atoms with Gasteiger partial charge in [0.25, 0.3) is 0 Å². The first-order valence-corrected chi connectivity index (χ1v) is 9.50. The number of nitrogens with zero attached hydrogens (tertiary/aromatic N) is 1. The van der Waals surface area contributed by atoms with Crippen LogP contribution in [0.1, 0.15) is 36.5 Å². The van der Waals surface area contributed by atoms with Gasteiger partial charge in [-0.05, 0) is 12.8 Å². The Morgan fingerprint density at radius 2 is 1.93 bits per heavy atom. The molecule has 0 saturated carbocycles. The summed E-state index contributed by atoms with van der Waals surface area (Å²) in [5.41, 5.74) is -0.146. The first-order chi connectivity index (χ1) is 12.9. The predicted octanol–water partition coefficient (Wildman–Crippen LogP) is 3.40. The summed E-state index contributed by atoms with van der Waals surface area (Å²) < 4.78 is 17.1. The lowest BCUT2D eigenvalue weighted by Crippen LogP contribution is -2.51. The number of benzene rings is 1. The fraction of sp³-hybridized carbons (Fsp3) is 0.500. The van der Waals surface area contributed by atoms with Gasteiger partial charge in [-0.3, -0.25) is 9.59 Å². The molecular formula is C20H22ClNO5. The molecule has 27 heavy (non-hydrogen) atoms. The minimum absolute atomic E-state index is 0.0826. The molecule has 1 aliphatic carbocycles. The number of allylic oxidation sites excluding steroid dienone is 1. The highest BCUT2D eigenvalue weighted by Gasteiger charge is 2.59. The number of ketones is 2. The standard InChI is InChI=1S/C20H22ClNO5/c1-11-8-12(23)9-15(26-3)20(11)19(24)16-13(22-6-4-5-7-22)10-14(25-2)17(21)18(16)27-20/h9-11H,4-8H2,1-3H3. The fourth-order valence-corrected chi connectivity index (χ4v) is 4.62. The van der Waals surface area contributed by atoms with Gasteiger partial charge in [-0.15, -0.1) is 0 Å². The monoisotopic (exact) mass is 391 g/mol. The maximum absolute atomic E-state index is 13.7. The number of methoxy groups -OCH3 is 2. The van der Waals surface area contributed by atoms with Crippen molar-refractivity contribution in [1.29, 1.82) is 0 Å². The van der Waals surface area contributed by atoms with Crippen LogP contribution in [0.3, 0.4) is 0 Å².